The predicted octanol–water partition coefficient (Wildman–Crippen LogP) is 0.174. The smallest absolute Gasteiger partial charge is 0.254 e. The predicted molar refractivity (Wildman–Crippen MR) is 72.8 cm³/mol. The van der Waals surface area contributed by atoms with Crippen LogP contribution in [0, 0.1) is 0 Å². The molecule has 114 valence electrons. The van der Waals surface area contributed by atoms with E-state index in [0.29, 0.717) is 32.2 Å². The highest BCUT2D eigenvalue weighted by Gasteiger charge is 2.47. The molecule has 0 radical (unpaired) electrons. The molecule has 2 rings (SSSR count). The van der Waals surface area contributed by atoms with Crippen molar-refractivity contribution in [3.05, 3.63) is 0 Å². The van der Waals surface area contributed by atoms with Gasteiger partial charge in [0.1, 0.15) is 5.60 Å². The van der Waals surface area contributed by atoms with Gasteiger partial charge < -0.3 is 20.5 Å². The normalized spacial score (nSPS) is 30.0. The maximum atomic E-state index is 12.8. The van der Waals surface area contributed by atoms with E-state index in [1.165, 1.54) is 0 Å². The van der Waals surface area contributed by atoms with Gasteiger partial charge in [0.05, 0.1) is 6.54 Å². The lowest BCUT2D eigenvalue weighted by atomic mass is 9.82. The van der Waals surface area contributed by atoms with E-state index >= 15 is 0 Å². The first-order chi connectivity index (χ1) is 9.43. The lowest BCUT2D eigenvalue weighted by Gasteiger charge is -2.43. The van der Waals surface area contributed by atoms with Crippen LogP contribution >= 0.6 is 0 Å². The van der Waals surface area contributed by atoms with Crippen LogP contribution in [0.2, 0.25) is 0 Å². The molecule has 2 aliphatic rings. The van der Waals surface area contributed by atoms with E-state index in [0.717, 1.165) is 19.3 Å². The van der Waals surface area contributed by atoms with E-state index in [1.54, 1.807) is 12.0 Å². The van der Waals surface area contributed by atoms with Crippen LogP contribution in [-0.2, 0) is 14.3 Å². The molecule has 1 saturated heterocycles. The SMILES string of the molecule is COC1(C(=O)N2CCCC(O)(C(N)=O)C2)CCCCC1. The van der Waals surface area contributed by atoms with Crippen molar-refractivity contribution >= 4 is 11.8 Å². The maximum absolute atomic E-state index is 12.8. The van der Waals surface area contributed by atoms with Crippen LogP contribution in [0.25, 0.3) is 0 Å². The lowest BCUT2D eigenvalue weighted by Crippen LogP contribution is -2.61. The van der Waals surface area contributed by atoms with Crippen LogP contribution in [0.4, 0.5) is 0 Å². The van der Waals surface area contributed by atoms with E-state index in [4.69, 9.17) is 10.5 Å². The Balaban J connectivity index is 2.13. The zero-order valence-electron chi connectivity index (χ0n) is 12.1. The lowest BCUT2D eigenvalue weighted by molar-refractivity contribution is -0.167. The minimum atomic E-state index is -1.60. The molecule has 1 atom stereocenters. The van der Waals surface area contributed by atoms with Gasteiger partial charge >= 0.3 is 0 Å². The number of nitrogens with zero attached hydrogens (tertiary/aromatic N) is 1. The highest BCUT2D eigenvalue weighted by molar-refractivity contribution is 5.88. The largest absolute Gasteiger partial charge is 0.378 e. The number of ether oxygens (including phenoxy) is 1. The van der Waals surface area contributed by atoms with Crippen molar-refractivity contribution in [1.82, 2.24) is 4.90 Å². The molecule has 1 aliphatic heterocycles. The number of piperidine rings is 1. The van der Waals surface area contributed by atoms with Crippen LogP contribution in [0.5, 0.6) is 0 Å². The number of carbonyl (C=O) groups excluding carboxylic acids is 2. The Bertz CT molecular complexity index is 393. The number of amides is 2. The first-order valence-corrected chi connectivity index (χ1v) is 7.30. The van der Waals surface area contributed by atoms with Gasteiger partial charge in [-0.1, -0.05) is 19.3 Å². The van der Waals surface area contributed by atoms with E-state index in [2.05, 4.69) is 0 Å². The molecule has 1 heterocycles. The Morgan fingerprint density at radius 1 is 1.15 bits per heavy atom. The summed E-state index contributed by atoms with van der Waals surface area (Å²) >= 11 is 0. The average molecular weight is 284 g/mol. The Morgan fingerprint density at radius 2 is 1.80 bits per heavy atom. The van der Waals surface area contributed by atoms with Crippen molar-refractivity contribution in [3.63, 3.8) is 0 Å². The second kappa shape index (κ2) is 5.69. The van der Waals surface area contributed by atoms with Gasteiger partial charge in [-0.15, -0.1) is 0 Å². The number of carbonyl (C=O) groups is 2. The topological polar surface area (TPSA) is 92.9 Å². The number of primary amides is 1. The van der Waals surface area contributed by atoms with Crippen molar-refractivity contribution in [2.75, 3.05) is 20.2 Å². The van der Waals surface area contributed by atoms with Gasteiger partial charge in [0.25, 0.3) is 11.8 Å². The van der Waals surface area contributed by atoms with Crippen LogP contribution in [0.15, 0.2) is 0 Å². The summed E-state index contributed by atoms with van der Waals surface area (Å²) in [5.74, 6) is -0.871. The Kier molecular flexibility index (Phi) is 4.34. The number of methoxy groups -OCH3 is 1. The zero-order valence-corrected chi connectivity index (χ0v) is 12.1. The molecule has 6 heteroatoms. The fourth-order valence-corrected chi connectivity index (χ4v) is 3.33. The molecule has 2 fully saturated rings. The maximum Gasteiger partial charge on any atom is 0.254 e. The van der Waals surface area contributed by atoms with E-state index in [9.17, 15) is 14.7 Å². The molecule has 3 N–H and O–H groups in total. The van der Waals surface area contributed by atoms with Crippen molar-refractivity contribution in [3.8, 4) is 0 Å². The van der Waals surface area contributed by atoms with Gasteiger partial charge in [-0.3, -0.25) is 9.59 Å². The third kappa shape index (κ3) is 2.67. The molecule has 1 aliphatic carbocycles. The van der Waals surface area contributed by atoms with Crippen LogP contribution in [-0.4, -0.2) is 53.2 Å². The van der Waals surface area contributed by atoms with Gasteiger partial charge in [0.2, 0.25) is 0 Å². The molecular formula is C14H24N2O4. The zero-order chi connectivity index (χ0) is 14.8. The molecule has 6 nitrogen and oxygen atoms in total. The fraction of sp³-hybridized carbons (Fsp3) is 0.857. The van der Waals surface area contributed by atoms with Crippen molar-refractivity contribution < 1.29 is 19.4 Å². The Labute approximate surface area is 119 Å². The minimum Gasteiger partial charge on any atom is -0.378 e. The van der Waals surface area contributed by atoms with Crippen LogP contribution < -0.4 is 5.73 Å². The van der Waals surface area contributed by atoms with Gasteiger partial charge in [0, 0.05) is 13.7 Å². The number of hydrogen-bond acceptors (Lipinski definition) is 4. The third-order valence-corrected chi connectivity index (χ3v) is 4.66. The first kappa shape index (κ1) is 15.3. The molecule has 0 aromatic rings. The summed E-state index contributed by atoms with van der Waals surface area (Å²) in [4.78, 5) is 25.7. The summed E-state index contributed by atoms with van der Waals surface area (Å²) in [6, 6.07) is 0. The number of likely N-dealkylation sites (tertiary alicyclic amines) is 1. The quantitative estimate of drug-likeness (QED) is 0.773. The molecule has 0 bridgehead atoms. The molecule has 0 aromatic heterocycles. The van der Waals surface area contributed by atoms with Gasteiger partial charge in [-0.2, -0.15) is 0 Å². The van der Waals surface area contributed by atoms with E-state index in [-0.39, 0.29) is 12.5 Å². The van der Waals surface area contributed by atoms with Crippen LogP contribution in [0.3, 0.4) is 0 Å². The minimum absolute atomic E-state index is 0.0216. The third-order valence-electron chi connectivity index (χ3n) is 4.66. The number of hydrogen-bond donors (Lipinski definition) is 2. The number of β-amino-alcohol motifs (C(OH)–C–C–N with tert-alkyl or cyclic N) is 1. The average Bonchev–Trinajstić information content (AvgIpc) is 2.47. The second-order valence-electron chi connectivity index (χ2n) is 5.99. The summed E-state index contributed by atoms with van der Waals surface area (Å²) in [5, 5.41) is 10.2. The van der Waals surface area contributed by atoms with Crippen molar-refractivity contribution in [1.29, 1.82) is 0 Å². The highest BCUT2D eigenvalue weighted by Crippen LogP contribution is 2.34. The van der Waals surface area contributed by atoms with Crippen LogP contribution in [0.1, 0.15) is 44.9 Å². The number of aliphatic hydroxyl groups is 1. The monoisotopic (exact) mass is 284 g/mol. The molecule has 1 saturated carbocycles. The molecule has 0 aromatic carbocycles. The molecule has 2 amide bonds. The Hall–Kier alpha value is -1.14. The fourth-order valence-electron chi connectivity index (χ4n) is 3.33. The van der Waals surface area contributed by atoms with E-state index in [1.807, 2.05) is 0 Å². The molecule has 20 heavy (non-hydrogen) atoms. The molecule has 1 unspecified atom stereocenters. The van der Waals surface area contributed by atoms with Gasteiger partial charge in [-0.25, -0.2) is 0 Å². The number of nitrogens with two attached hydrogens (primary N) is 1. The first-order valence-electron chi connectivity index (χ1n) is 7.30. The second-order valence-corrected chi connectivity index (χ2v) is 5.99. The molecule has 0 spiro atoms. The number of rotatable bonds is 3. The van der Waals surface area contributed by atoms with Gasteiger partial charge in [0.15, 0.2) is 5.60 Å². The van der Waals surface area contributed by atoms with Crippen molar-refractivity contribution in [2.45, 2.75) is 56.1 Å². The summed E-state index contributed by atoms with van der Waals surface area (Å²) in [6.45, 7) is 0.520. The van der Waals surface area contributed by atoms with E-state index < -0.39 is 17.1 Å². The summed E-state index contributed by atoms with van der Waals surface area (Å²) in [7, 11) is 1.56. The summed E-state index contributed by atoms with van der Waals surface area (Å²) < 4.78 is 5.53. The molecular weight excluding hydrogens is 260 g/mol. The van der Waals surface area contributed by atoms with Gasteiger partial charge in [-0.05, 0) is 25.7 Å². The standard InChI is InChI=1S/C14H24N2O4/c1-20-14(7-3-2-4-8-14)12(18)16-9-5-6-13(19,10-16)11(15)17/h19H,2-10H2,1H3,(H2,15,17). The summed E-state index contributed by atoms with van der Waals surface area (Å²) in [5.41, 5.74) is 2.87. The highest BCUT2D eigenvalue weighted by atomic mass is 16.5. The van der Waals surface area contributed by atoms with Crippen molar-refractivity contribution in [2.24, 2.45) is 5.73 Å². The summed E-state index contributed by atoms with van der Waals surface area (Å²) in [6.07, 6.45) is 5.34. The Morgan fingerprint density at radius 3 is 2.35 bits per heavy atom.